The normalized spacial score (nSPS) is 18.5. The van der Waals surface area contributed by atoms with E-state index < -0.39 is 72.5 Å². The number of carbonyl (C=O) groups is 4. The lowest BCUT2D eigenvalue weighted by Crippen LogP contribution is -2.55. The molecule has 0 bridgehead atoms. The summed E-state index contributed by atoms with van der Waals surface area (Å²) in [5, 5.41) is 27.4. The largest absolute Gasteiger partial charge is 0.481 e. The van der Waals surface area contributed by atoms with Gasteiger partial charge in [-0.3, -0.25) is 24.1 Å². The lowest BCUT2D eigenvalue weighted by Gasteiger charge is -2.35. The summed E-state index contributed by atoms with van der Waals surface area (Å²) in [5.41, 5.74) is 0.932. The number of aliphatic hydroxyl groups is 1. The minimum Gasteiger partial charge on any atom is -0.481 e. The van der Waals surface area contributed by atoms with E-state index in [1.54, 1.807) is 32.7 Å². The molecule has 5 unspecified atom stereocenters. The minimum absolute atomic E-state index is 0.0189. The van der Waals surface area contributed by atoms with Crippen molar-refractivity contribution in [2.24, 2.45) is 11.8 Å². The number of hydrogen-bond acceptors (Lipinski definition) is 8. The highest BCUT2D eigenvalue weighted by atomic mass is 32.1. The number of alkyl halides is 3. The van der Waals surface area contributed by atoms with Crippen LogP contribution in [0.4, 0.5) is 13.2 Å². The van der Waals surface area contributed by atoms with Crippen molar-refractivity contribution in [3.05, 3.63) is 52.0 Å². The third-order valence-corrected chi connectivity index (χ3v) is 9.66. The number of aliphatic hydroxyl groups excluding tert-OH is 1. The molecule has 1 aliphatic heterocycles. The summed E-state index contributed by atoms with van der Waals surface area (Å²) in [6.07, 6.45) is -5.81. The Hall–Kier alpha value is -3.56. The second-order valence-electron chi connectivity index (χ2n) is 12.9. The summed E-state index contributed by atoms with van der Waals surface area (Å²) in [6.45, 7) is 5.71. The Morgan fingerprint density at radius 3 is 2.33 bits per heavy atom. The average molecular weight is 698 g/mol. The fraction of sp³-hybridized carbons (Fsp3) is 0.606. The number of hydrogen-bond donors (Lipinski definition) is 4. The molecule has 0 saturated carbocycles. The topological polar surface area (TPSA) is 152 Å². The maximum absolute atomic E-state index is 13.5. The third-order valence-electron chi connectivity index (χ3n) is 8.71. The van der Waals surface area contributed by atoms with Gasteiger partial charge < -0.3 is 25.7 Å². The van der Waals surface area contributed by atoms with Crippen LogP contribution in [0.1, 0.15) is 80.0 Å². The quantitative estimate of drug-likeness (QED) is 0.205. The van der Waals surface area contributed by atoms with Crippen molar-refractivity contribution < 1.29 is 42.6 Å². The first kappa shape index (κ1) is 38.9. The fourth-order valence-electron chi connectivity index (χ4n) is 5.98. The van der Waals surface area contributed by atoms with Crippen molar-refractivity contribution in [3.8, 4) is 0 Å². The summed E-state index contributed by atoms with van der Waals surface area (Å²) in [4.78, 5) is 58.2. The number of nitrogens with one attached hydrogen (secondary N) is 2. The van der Waals surface area contributed by atoms with Gasteiger partial charge in [-0.2, -0.15) is 13.2 Å². The van der Waals surface area contributed by atoms with Gasteiger partial charge in [0, 0.05) is 30.9 Å². The first-order valence-corrected chi connectivity index (χ1v) is 16.9. The number of thiazole rings is 1. The Morgan fingerprint density at radius 1 is 1.10 bits per heavy atom. The van der Waals surface area contributed by atoms with Gasteiger partial charge in [-0.15, -0.1) is 11.3 Å². The van der Waals surface area contributed by atoms with E-state index >= 15 is 0 Å². The van der Waals surface area contributed by atoms with Crippen LogP contribution in [-0.2, 0) is 20.8 Å². The minimum atomic E-state index is -4.72. The molecule has 3 amide bonds. The standard InChI is InChI=1S/C33H46F3N5O6S/c1-19(2)26(41(5)31(45)23(17-33(34,35)36)38-29(44)25-12-9-13-40(25)4)16-27(42)30-39-24(18-48-30)28(43)37-22(14-20(3)32(46)47)15-21-10-7-6-8-11-21/h6-8,10-11,18-20,22-23,25-27,42H,9,12-17H2,1-5H3,(H,37,43)(H,38,44)(H,46,47)/t20?,22?,23?,25-,26?,27?/m1/s1. The van der Waals surface area contributed by atoms with Gasteiger partial charge >= 0.3 is 12.1 Å². The van der Waals surface area contributed by atoms with E-state index in [0.29, 0.717) is 19.4 Å². The number of carboxylic acids is 1. The van der Waals surface area contributed by atoms with Crippen molar-refractivity contribution in [2.75, 3.05) is 20.6 Å². The Kier molecular flexibility index (Phi) is 13.9. The molecular formula is C33H46F3N5O6S. The van der Waals surface area contributed by atoms with Crippen LogP contribution in [0.25, 0.3) is 0 Å². The maximum Gasteiger partial charge on any atom is 0.391 e. The van der Waals surface area contributed by atoms with Crippen LogP contribution in [0.3, 0.4) is 0 Å². The highest BCUT2D eigenvalue weighted by Crippen LogP contribution is 2.29. The van der Waals surface area contributed by atoms with E-state index in [4.69, 9.17) is 0 Å². The molecule has 2 heterocycles. The molecule has 0 spiro atoms. The van der Waals surface area contributed by atoms with Gasteiger partial charge in [0.05, 0.1) is 18.4 Å². The number of nitrogens with zero attached hydrogens (tertiary/aromatic N) is 3. The smallest absolute Gasteiger partial charge is 0.391 e. The van der Waals surface area contributed by atoms with E-state index in [-0.39, 0.29) is 29.5 Å². The molecule has 0 aliphatic carbocycles. The Bertz CT molecular complexity index is 1390. The number of aliphatic carboxylic acids is 1. The van der Waals surface area contributed by atoms with E-state index in [9.17, 15) is 42.6 Å². The SMILES string of the molecule is CC(CC(Cc1ccccc1)NC(=O)c1csc(C(O)CC(C(C)C)N(C)C(=O)C(CC(F)(F)F)NC(=O)[C@H]2CCCN2C)n1)C(=O)O. The molecule has 2 aromatic rings. The zero-order valence-electron chi connectivity index (χ0n) is 27.9. The number of benzene rings is 1. The zero-order chi connectivity index (χ0) is 35.8. The Morgan fingerprint density at radius 2 is 1.77 bits per heavy atom. The van der Waals surface area contributed by atoms with E-state index in [1.165, 1.54) is 12.4 Å². The number of likely N-dealkylation sites (N-methyl/N-ethyl adjacent to an activating group) is 2. The Labute approximate surface area is 282 Å². The first-order valence-electron chi connectivity index (χ1n) is 16.0. The highest BCUT2D eigenvalue weighted by Gasteiger charge is 2.41. The molecule has 1 aromatic carbocycles. The number of carboxylic acid groups (broad SMARTS) is 1. The summed E-state index contributed by atoms with van der Waals surface area (Å²) in [6, 6.07) is 5.61. The molecule has 15 heteroatoms. The van der Waals surface area contributed by atoms with Crippen molar-refractivity contribution in [3.63, 3.8) is 0 Å². The molecule has 3 rings (SSSR count). The lowest BCUT2D eigenvalue weighted by molar-refractivity contribution is -0.157. The summed E-state index contributed by atoms with van der Waals surface area (Å²) in [5.74, 6) is -4.11. The molecule has 266 valence electrons. The predicted octanol–water partition coefficient (Wildman–Crippen LogP) is 4.03. The van der Waals surface area contributed by atoms with E-state index in [2.05, 4.69) is 15.6 Å². The van der Waals surface area contributed by atoms with Gasteiger partial charge in [0.1, 0.15) is 22.8 Å². The van der Waals surface area contributed by atoms with E-state index in [0.717, 1.165) is 28.2 Å². The van der Waals surface area contributed by atoms with Crippen molar-refractivity contribution in [1.82, 2.24) is 25.4 Å². The van der Waals surface area contributed by atoms with Crippen LogP contribution < -0.4 is 10.6 Å². The molecular weight excluding hydrogens is 651 g/mol. The predicted molar refractivity (Wildman–Crippen MR) is 174 cm³/mol. The molecule has 0 radical (unpaired) electrons. The molecule has 1 aliphatic rings. The van der Waals surface area contributed by atoms with Crippen molar-refractivity contribution >= 4 is 35.0 Å². The first-order chi connectivity index (χ1) is 22.5. The second-order valence-corrected chi connectivity index (χ2v) is 13.8. The molecule has 1 saturated heterocycles. The lowest BCUT2D eigenvalue weighted by atomic mass is 9.95. The van der Waals surface area contributed by atoms with Crippen molar-refractivity contribution in [2.45, 2.75) is 95.7 Å². The van der Waals surface area contributed by atoms with Gasteiger partial charge in [-0.05, 0) is 50.8 Å². The number of amides is 3. The fourth-order valence-corrected chi connectivity index (χ4v) is 6.78. The zero-order valence-corrected chi connectivity index (χ0v) is 28.7. The van der Waals surface area contributed by atoms with Gasteiger partial charge in [0.2, 0.25) is 11.8 Å². The molecule has 1 fully saturated rings. The van der Waals surface area contributed by atoms with Crippen molar-refractivity contribution in [1.29, 1.82) is 0 Å². The molecule has 48 heavy (non-hydrogen) atoms. The summed E-state index contributed by atoms with van der Waals surface area (Å²) in [7, 11) is 3.06. The van der Waals surface area contributed by atoms with Crippen LogP contribution in [0, 0.1) is 11.8 Å². The number of halogens is 3. The molecule has 1 aromatic heterocycles. The number of rotatable bonds is 16. The van der Waals surface area contributed by atoms with Crippen LogP contribution >= 0.6 is 11.3 Å². The molecule has 4 N–H and O–H groups in total. The molecule has 6 atom stereocenters. The van der Waals surface area contributed by atoms with Gasteiger partial charge in [0.15, 0.2) is 0 Å². The van der Waals surface area contributed by atoms with Crippen LogP contribution in [0.15, 0.2) is 35.7 Å². The molecule has 11 nitrogen and oxygen atoms in total. The van der Waals surface area contributed by atoms with E-state index in [1.807, 2.05) is 30.3 Å². The number of carbonyl (C=O) groups excluding carboxylic acids is 3. The number of aromatic nitrogens is 1. The van der Waals surface area contributed by atoms with Gasteiger partial charge in [-0.1, -0.05) is 51.1 Å². The Balaban J connectivity index is 1.71. The monoisotopic (exact) mass is 697 g/mol. The summed E-state index contributed by atoms with van der Waals surface area (Å²) < 4.78 is 40.6. The van der Waals surface area contributed by atoms with Gasteiger partial charge in [0.25, 0.3) is 5.91 Å². The van der Waals surface area contributed by atoms with Crippen LogP contribution in [0.2, 0.25) is 0 Å². The highest BCUT2D eigenvalue weighted by molar-refractivity contribution is 7.09. The average Bonchev–Trinajstić information content (AvgIpc) is 3.68. The number of likely N-dealkylation sites (tertiary alicyclic amines) is 1. The summed E-state index contributed by atoms with van der Waals surface area (Å²) >= 11 is 1.02. The van der Waals surface area contributed by atoms with Gasteiger partial charge in [-0.25, -0.2) is 4.98 Å². The second kappa shape index (κ2) is 17.2. The third kappa shape index (κ3) is 11.3. The van der Waals surface area contributed by atoms with Crippen LogP contribution in [0.5, 0.6) is 0 Å². The van der Waals surface area contributed by atoms with Crippen LogP contribution in [-0.4, -0.2) is 99.7 Å². The maximum atomic E-state index is 13.5.